The molecule has 1 aromatic rings. The third-order valence-corrected chi connectivity index (χ3v) is 6.62. The first-order valence-corrected chi connectivity index (χ1v) is 9.13. The molecule has 1 aliphatic rings. The summed E-state index contributed by atoms with van der Waals surface area (Å²) in [7, 11) is -2.46. The second-order valence-corrected chi connectivity index (χ2v) is 7.66. The predicted molar refractivity (Wildman–Crippen MR) is 78.9 cm³/mol. The average molecular weight is 333 g/mol. The molecule has 6 nitrogen and oxygen atoms in total. The molecule has 1 fully saturated rings. The Labute approximate surface area is 128 Å². The summed E-state index contributed by atoms with van der Waals surface area (Å²) in [6, 6.07) is 1.35. The minimum absolute atomic E-state index is 0.0234. The van der Waals surface area contributed by atoms with Crippen molar-refractivity contribution in [1.82, 2.24) is 4.31 Å². The van der Waals surface area contributed by atoms with Crippen LogP contribution in [-0.2, 0) is 14.8 Å². The zero-order valence-electron chi connectivity index (χ0n) is 11.8. The lowest BCUT2D eigenvalue weighted by Crippen LogP contribution is -2.36. The zero-order chi connectivity index (χ0) is 15.5. The second-order valence-electron chi connectivity index (χ2n) is 4.88. The highest BCUT2D eigenvalue weighted by atomic mass is 32.2. The molecule has 1 unspecified atom stereocenters. The molecule has 21 heavy (non-hydrogen) atoms. The topological polar surface area (TPSA) is 83.9 Å². The van der Waals surface area contributed by atoms with Crippen molar-refractivity contribution in [3.63, 3.8) is 0 Å². The first-order chi connectivity index (χ1) is 10.0. The molecule has 0 saturated carbocycles. The van der Waals surface area contributed by atoms with Gasteiger partial charge < -0.3 is 9.84 Å². The lowest BCUT2D eigenvalue weighted by atomic mass is 10.1. The molecule has 8 heteroatoms. The van der Waals surface area contributed by atoms with Crippen LogP contribution in [0, 0.1) is 0 Å². The Morgan fingerprint density at radius 2 is 2.33 bits per heavy atom. The molecule has 1 atom stereocenters. The maximum absolute atomic E-state index is 12.8. The SMILES string of the molecule is COC(=O)c1sccc1S(=O)(=O)N1CCCC1CCCO. The molecule has 1 N–H and O–H groups in total. The summed E-state index contributed by atoms with van der Waals surface area (Å²) in [5, 5.41) is 10.5. The zero-order valence-corrected chi connectivity index (χ0v) is 13.5. The molecule has 0 bridgehead atoms. The Morgan fingerprint density at radius 3 is 3.00 bits per heavy atom. The highest BCUT2D eigenvalue weighted by Crippen LogP contribution is 2.32. The van der Waals surface area contributed by atoms with Crippen LogP contribution in [0.5, 0.6) is 0 Å². The van der Waals surface area contributed by atoms with Gasteiger partial charge in [-0.1, -0.05) is 0 Å². The van der Waals surface area contributed by atoms with Gasteiger partial charge in [-0.25, -0.2) is 13.2 Å². The number of hydrogen-bond donors (Lipinski definition) is 1. The van der Waals surface area contributed by atoms with E-state index >= 15 is 0 Å². The van der Waals surface area contributed by atoms with E-state index < -0.39 is 16.0 Å². The second kappa shape index (κ2) is 6.87. The van der Waals surface area contributed by atoms with Crippen molar-refractivity contribution in [3.05, 3.63) is 16.3 Å². The fraction of sp³-hybridized carbons (Fsp3) is 0.615. The van der Waals surface area contributed by atoms with E-state index in [1.54, 1.807) is 5.38 Å². The van der Waals surface area contributed by atoms with Crippen LogP contribution in [0.25, 0.3) is 0 Å². The van der Waals surface area contributed by atoms with Gasteiger partial charge >= 0.3 is 5.97 Å². The van der Waals surface area contributed by atoms with Crippen LogP contribution in [-0.4, -0.2) is 50.1 Å². The summed E-state index contributed by atoms with van der Waals surface area (Å²) < 4.78 is 31.6. The fourth-order valence-corrected chi connectivity index (χ4v) is 5.64. The van der Waals surface area contributed by atoms with Gasteiger partial charge in [0.25, 0.3) is 0 Å². The number of hydrogen-bond acceptors (Lipinski definition) is 6. The van der Waals surface area contributed by atoms with Gasteiger partial charge in [-0.15, -0.1) is 11.3 Å². The van der Waals surface area contributed by atoms with Gasteiger partial charge in [-0.05, 0) is 37.1 Å². The highest BCUT2D eigenvalue weighted by molar-refractivity contribution is 7.89. The van der Waals surface area contributed by atoms with Crippen LogP contribution in [0.15, 0.2) is 16.3 Å². The van der Waals surface area contributed by atoms with Crippen molar-refractivity contribution in [2.45, 2.75) is 36.6 Å². The maximum Gasteiger partial charge on any atom is 0.349 e. The molecular weight excluding hydrogens is 314 g/mol. The summed E-state index contributed by atoms with van der Waals surface area (Å²) in [5.74, 6) is -0.630. The number of nitrogens with zero attached hydrogens (tertiary/aromatic N) is 1. The third-order valence-electron chi connectivity index (χ3n) is 3.61. The smallest absolute Gasteiger partial charge is 0.349 e. The van der Waals surface area contributed by atoms with Crippen molar-refractivity contribution in [2.24, 2.45) is 0 Å². The van der Waals surface area contributed by atoms with Crippen LogP contribution in [0.3, 0.4) is 0 Å². The molecule has 1 aliphatic heterocycles. The van der Waals surface area contributed by atoms with E-state index in [4.69, 9.17) is 5.11 Å². The van der Waals surface area contributed by atoms with Crippen LogP contribution in [0.2, 0.25) is 0 Å². The van der Waals surface area contributed by atoms with E-state index in [9.17, 15) is 13.2 Å². The van der Waals surface area contributed by atoms with Gasteiger partial charge in [-0.3, -0.25) is 0 Å². The van der Waals surface area contributed by atoms with Crippen LogP contribution < -0.4 is 0 Å². The molecule has 0 aromatic carbocycles. The summed E-state index contributed by atoms with van der Waals surface area (Å²) >= 11 is 1.07. The Bertz CT molecular complexity index is 595. The fourth-order valence-electron chi connectivity index (χ4n) is 2.61. The van der Waals surface area contributed by atoms with Crippen LogP contribution in [0.1, 0.15) is 35.4 Å². The van der Waals surface area contributed by atoms with Crippen molar-refractivity contribution >= 4 is 27.3 Å². The number of methoxy groups -OCH3 is 1. The van der Waals surface area contributed by atoms with Crippen LogP contribution in [0.4, 0.5) is 0 Å². The Morgan fingerprint density at radius 1 is 1.57 bits per heavy atom. The number of aliphatic hydroxyl groups excluding tert-OH is 1. The van der Waals surface area contributed by atoms with E-state index in [2.05, 4.69) is 4.74 Å². The van der Waals surface area contributed by atoms with Crippen molar-refractivity contribution in [2.75, 3.05) is 20.3 Å². The predicted octanol–water partition coefficient (Wildman–Crippen LogP) is 1.46. The molecule has 2 heterocycles. The monoisotopic (exact) mass is 333 g/mol. The van der Waals surface area contributed by atoms with Gasteiger partial charge in [0.15, 0.2) is 0 Å². The summed E-state index contributed by atoms with van der Waals surface area (Å²) in [5.41, 5.74) is 0. The van der Waals surface area contributed by atoms with Gasteiger partial charge in [-0.2, -0.15) is 4.31 Å². The first kappa shape index (κ1) is 16.4. The van der Waals surface area contributed by atoms with Crippen molar-refractivity contribution in [3.8, 4) is 0 Å². The van der Waals surface area contributed by atoms with Crippen molar-refractivity contribution < 1.29 is 23.1 Å². The molecule has 1 saturated heterocycles. The lowest BCUT2D eigenvalue weighted by Gasteiger charge is -2.23. The third kappa shape index (κ3) is 3.28. The first-order valence-electron chi connectivity index (χ1n) is 6.81. The minimum atomic E-state index is -3.70. The Balaban J connectivity index is 2.29. The summed E-state index contributed by atoms with van der Waals surface area (Å²) in [6.07, 6.45) is 2.79. The summed E-state index contributed by atoms with van der Waals surface area (Å²) in [6.45, 7) is 0.505. The molecule has 0 radical (unpaired) electrons. The highest BCUT2D eigenvalue weighted by Gasteiger charge is 2.37. The largest absolute Gasteiger partial charge is 0.465 e. The number of sulfonamides is 1. The van der Waals surface area contributed by atoms with E-state index in [0.717, 1.165) is 24.2 Å². The molecule has 0 aliphatic carbocycles. The standard InChI is InChI=1S/C13H19NO5S2/c1-19-13(16)12-11(6-9-20-12)21(17,18)14-7-2-4-10(14)5-3-8-15/h6,9-10,15H,2-5,7-8H2,1H3. The Hall–Kier alpha value is -0.960. The minimum Gasteiger partial charge on any atom is -0.465 e. The number of thiophene rings is 1. The van der Waals surface area contributed by atoms with Gasteiger partial charge in [0.1, 0.15) is 9.77 Å². The quantitative estimate of drug-likeness (QED) is 0.797. The van der Waals surface area contributed by atoms with E-state index in [1.807, 2.05) is 0 Å². The van der Waals surface area contributed by atoms with E-state index in [0.29, 0.717) is 19.4 Å². The van der Waals surface area contributed by atoms with E-state index in [-0.39, 0.29) is 22.4 Å². The Kier molecular flexibility index (Phi) is 5.37. The molecule has 0 amide bonds. The summed E-state index contributed by atoms with van der Waals surface area (Å²) in [4.78, 5) is 11.8. The van der Waals surface area contributed by atoms with Gasteiger partial charge in [0, 0.05) is 19.2 Å². The number of carbonyl (C=O) groups excluding carboxylic acids is 1. The van der Waals surface area contributed by atoms with Gasteiger partial charge in [0.2, 0.25) is 10.0 Å². The molecular formula is C13H19NO5S2. The number of aliphatic hydroxyl groups is 1. The number of carbonyl (C=O) groups is 1. The average Bonchev–Trinajstić information content (AvgIpc) is 3.13. The molecule has 118 valence electrons. The van der Waals surface area contributed by atoms with Crippen LogP contribution >= 0.6 is 11.3 Å². The number of esters is 1. The molecule has 2 rings (SSSR count). The molecule has 0 spiro atoms. The molecule has 1 aromatic heterocycles. The van der Waals surface area contributed by atoms with Crippen molar-refractivity contribution in [1.29, 1.82) is 0 Å². The van der Waals surface area contributed by atoms with E-state index in [1.165, 1.54) is 17.5 Å². The lowest BCUT2D eigenvalue weighted by molar-refractivity contribution is 0.0602. The normalized spacial score (nSPS) is 19.8. The maximum atomic E-state index is 12.8. The van der Waals surface area contributed by atoms with Gasteiger partial charge in [0.05, 0.1) is 7.11 Å². The number of ether oxygens (including phenoxy) is 1. The number of rotatable bonds is 6.